The SMILES string of the molecule is Cc1ccc(C(=O)Nc2onc(-c3ccccn3)c2C(N)=O)cc1. The molecule has 7 nitrogen and oxygen atoms in total. The number of pyridine rings is 1. The number of anilines is 1. The van der Waals surface area contributed by atoms with Gasteiger partial charge in [0.2, 0.25) is 5.88 Å². The van der Waals surface area contributed by atoms with Gasteiger partial charge in [0.25, 0.3) is 11.8 Å². The van der Waals surface area contributed by atoms with Crippen LogP contribution in [0.1, 0.15) is 26.3 Å². The van der Waals surface area contributed by atoms with E-state index in [4.69, 9.17) is 10.3 Å². The molecule has 7 heteroatoms. The van der Waals surface area contributed by atoms with Crippen LogP contribution in [0.5, 0.6) is 0 Å². The van der Waals surface area contributed by atoms with Crippen molar-refractivity contribution in [3.05, 3.63) is 65.4 Å². The molecule has 3 rings (SSSR count). The maximum Gasteiger partial charge on any atom is 0.258 e. The number of rotatable bonds is 4. The molecule has 0 spiro atoms. The lowest BCUT2D eigenvalue weighted by Gasteiger charge is -2.03. The summed E-state index contributed by atoms with van der Waals surface area (Å²) in [5.74, 6) is -1.30. The van der Waals surface area contributed by atoms with Crippen molar-refractivity contribution in [1.29, 1.82) is 0 Å². The summed E-state index contributed by atoms with van der Waals surface area (Å²) >= 11 is 0. The van der Waals surface area contributed by atoms with E-state index < -0.39 is 11.8 Å². The minimum atomic E-state index is -0.767. The number of nitrogens with one attached hydrogen (secondary N) is 1. The number of primary amides is 1. The normalized spacial score (nSPS) is 10.4. The Labute approximate surface area is 137 Å². The third-order valence-corrected chi connectivity index (χ3v) is 3.39. The van der Waals surface area contributed by atoms with E-state index in [0.29, 0.717) is 11.3 Å². The summed E-state index contributed by atoms with van der Waals surface area (Å²) in [5.41, 5.74) is 7.45. The first-order valence-electron chi connectivity index (χ1n) is 7.15. The Balaban J connectivity index is 1.94. The molecule has 0 atom stereocenters. The Kier molecular flexibility index (Phi) is 4.07. The van der Waals surface area contributed by atoms with Gasteiger partial charge in [-0.05, 0) is 31.2 Å². The number of benzene rings is 1. The Morgan fingerprint density at radius 3 is 2.50 bits per heavy atom. The van der Waals surface area contributed by atoms with Crippen LogP contribution < -0.4 is 11.1 Å². The number of carbonyl (C=O) groups excluding carboxylic acids is 2. The molecular formula is C17H14N4O3. The molecule has 0 saturated heterocycles. The number of aryl methyl sites for hydroxylation is 1. The third kappa shape index (κ3) is 3.00. The molecule has 0 saturated carbocycles. The smallest absolute Gasteiger partial charge is 0.258 e. The van der Waals surface area contributed by atoms with E-state index in [2.05, 4.69) is 15.5 Å². The van der Waals surface area contributed by atoms with E-state index in [-0.39, 0.29) is 17.1 Å². The molecule has 0 aliphatic carbocycles. The van der Waals surface area contributed by atoms with E-state index in [9.17, 15) is 9.59 Å². The van der Waals surface area contributed by atoms with Crippen molar-refractivity contribution in [3.63, 3.8) is 0 Å². The van der Waals surface area contributed by atoms with Gasteiger partial charge in [0.15, 0.2) is 0 Å². The highest BCUT2D eigenvalue weighted by Gasteiger charge is 2.24. The minimum absolute atomic E-state index is 0.0193. The highest BCUT2D eigenvalue weighted by molar-refractivity contribution is 6.09. The van der Waals surface area contributed by atoms with Gasteiger partial charge in [-0.15, -0.1) is 0 Å². The average Bonchev–Trinajstić information content (AvgIpc) is 3.00. The highest BCUT2D eigenvalue weighted by atomic mass is 16.5. The lowest BCUT2D eigenvalue weighted by molar-refractivity contribution is 0.100. The van der Waals surface area contributed by atoms with Gasteiger partial charge in [0, 0.05) is 11.8 Å². The third-order valence-electron chi connectivity index (χ3n) is 3.39. The average molecular weight is 322 g/mol. The van der Waals surface area contributed by atoms with Crippen molar-refractivity contribution in [2.24, 2.45) is 5.73 Å². The molecule has 0 aliphatic rings. The van der Waals surface area contributed by atoms with Gasteiger partial charge in [-0.1, -0.05) is 28.9 Å². The van der Waals surface area contributed by atoms with E-state index in [1.165, 1.54) is 0 Å². The van der Waals surface area contributed by atoms with E-state index in [1.54, 1.807) is 36.5 Å². The summed E-state index contributed by atoms with van der Waals surface area (Å²) in [6.45, 7) is 1.92. The molecule has 24 heavy (non-hydrogen) atoms. The van der Waals surface area contributed by atoms with Gasteiger partial charge in [-0.2, -0.15) is 0 Å². The molecule has 0 bridgehead atoms. The van der Waals surface area contributed by atoms with Gasteiger partial charge < -0.3 is 10.3 Å². The maximum atomic E-state index is 12.3. The van der Waals surface area contributed by atoms with Crippen LogP contribution >= 0.6 is 0 Å². The van der Waals surface area contributed by atoms with Crippen molar-refractivity contribution in [2.45, 2.75) is 6.92 Å². The molecule has 2 heterocycles. The van der Waals surface area contributed by atoms with Crippen LogP contribution in [0.3, 0.4) is 0 Å². The minimum Gasteiger partial charge on any atom is -0.365 e. The topological polar surface area (TPSA) is 111 Å². The second-order valence-electron chi connectivity index (χ2n) is 5.13. The molecule has 2 amide bonds. The first kappa shape index (κ1) is 15.4. The van der Waals surface area contributed by atoms with Crippen molar-refractivity contribution >= 4 is 17.7 Å². The standard InChI is InChI=1S/C17H14N4O3/c1-10-5-7-11(8-6-10)16(23)20-17-13(15(18)22)14(21-24-17)12-4-2-3-9-19-12/h2-9H,1H3,(H2,18,22)(H,20,23). The Morgan fingerprint density at radius 2 is 1.88 bits per heavy atom. The van der Waals surface area contributed by atoms with Gasteiger partial charge in [-0.3, -0.25) is 19.9 Å². The van der Waals surface area contributed by atoms with Gasteiger partial charge in [-0.25, -0.2) is 0 Å². The predicted octanol–water partition coefficient (Wildman–Crippen LogP) is 2.40. The second-order valence-corrected chi connectivity index (χ2v) is 5.13. The number of hydrogen-bond acceptors (Lipinski definition) is 5. The summed E-state index contributed by atoms with van der Waals surface area (Å²) in [4.78, 5) is 28.2. The van der Waals surface area contributed by atoms with Crippen molar-refractivity contribution in [1.82, 2.24) is 10.1 Å². The highest BCUT2D eigenvalue weighted by Crippen LogP contribution is 2.27. The largest absolute Gasteiger partial charge is 0.365 e. The van der Waals surface area contributed by atoms with Crippen LogP contribution in [0, 0.1) is 6.92 Å². The summed E-state index contributed by atoms with van der Waals surface area (Å²) in [7, 11) is 0. The van der Waals surface area contributed by atoms with E-state index in [1.807, 2.05) is 19.1 Å². The van der Waals surface area contributed by atoms with Crippen LogP contribution in [-0.4, -0.2) is 22.0 Å². The molecule has 2 aromatic heterocycles. The number of hydrogen-bond donors (Lipinski definition) is 2. The molecule has 1 aromatic carbocycles. The first-order valence-corrected chi connectivity index (χ1v) is 7.15. The molecule has 0 radical (unpaired) electrons. The molecule has 0 unspecified atom stereocenters. The first-order chi connectivity index (χ1) is 11.6. The number of carbonyl (C=O) groups is 2. The fraction of sp³-hybridized carbons (Fsp3) is 0.0588. The molecule has 120 valence electrons. The fourth-order valence-corrected chi connectivity index (χ4v) is 2.16. The molecule has 0 fully saturated rings. The summed E-state index contributed by atoms with van der Waals surface area (Å²) in [6, 6.07) is 12.1. The Morgan fingerprint density at radius 1 is 1.12 bits per heavy atom. The molecule has 3 aromatic rings. The van der Waals surface area contributed by atoms with Crippen molar-refractivity contribution in [2.75, 3.05) is 5.32 Å². The predicted molar refractivity (Wildman–Crippen MR) is 87.4 cm³/mol. The van der Waals surface area contributed by atoms with Crippen LogP contribution in [0.4, 0.5) is 5.88 Å². The second kappa shape index (κ2) is 6.33. The number of nitrogens with zero attached hydrogens (tertiary/aromatic N) is 2. The quantitative estimate of drug-likeness (QED) is 0.766. The zero-order chi connectivity index (χ0) is 17.1. The number of amides is 2. The monoisotopic (exact) mass is 322 g/mol. The number of nitrogens with two attached hydrogens (primary N) is 1. The van der Waals surface area contributed by atoms with Crippen LogP contribution in [-0.2, 0) is 0 Å². The summed E-state index contributed by atoms with van der Waals surface area (Å²) < 4.78 is 5.10. The maximum absolute atomic E-state index is 12.3. The number of aromatic nitrogens is 2. The van der Waals surface area contributed by atoms with Gasteiger partial charge >= 0.3 is 0 Å². The lowest BCUT2D eigenvalue weighted by Crippen LogP contribution is -2.17. The van der Waals surface area contributed by atoms with Crippen molar-refractivity contribution < 1.29 is 14.1 Å². The van der Waals surface area contributed by atoms with Crippen LogP contribution in [0.15, 0.2) is 53.2 Å². The summed E-state index contributed by atoms with van der Waals surface area (Å²) in [5, 5.41) is 6.34. The molecule has 3 N–H and O–H groups in total. The Bertz CT molecular complexity index is 886. The zero-order valence-corrected chi connectivity index (χ0v) is 12.8. The molecule has 0 aliphatic heterocycles. The van der Waals surface area contributed by atoms with E-state index >= 15 is 0 Å². The zero-order valence-electron chi connectivity index (χ0n) is 12.8. The van der Waals surface area contributed by atoms with E-state index in [0.717, 1.165) is 5.56 Å². The molecular weight excluding hydrogens is 308 g/mol. The Hall–Kier alpha value is -3.48. The summed E-state index contributed by atoms with van der Waals surface area (Å²) in [6.07, 6.45) is 1.55. The van der Waals surface area contributed by atoms with Gasteiger partial charge in [0.05, 0.1) is 5.69 Å². The van der Waals surface area contributed by atoms with Gasteiger partial charge in [0.1, 0.15) is 11.3 Å². The lowest BCUT2D eigenvalue weighted by atomic mass is 10.1. The van der Waals surface area contributed by atoms with Crippen LogP contribution in [0.2, 0.25) is 0 Å². The van der Waals surface area contributed by atoms with Crippen LogP contribution in [0.25, 0.3) is 11.4 Å². The van der Waals surface area contributed by atoms with Crippen molar-refractivity contribution in [3.8, 4) is 11.4 Å². The fourth-order valence-electron chi connectivity index (χ4n) is 2.16.